The van der Waals surface area contributed by atoms with Crippen LogP contribution in [-0.2, 0) is 4.74 Å². The Hall–Kier alpha value is -1.80. The van der Waals surface area contributed by atoms with E-state index in [0.717, 1.165) is 0 Å². The average molecular weight is 323 g/mol. The Bertz CT molecular complexity index is 528. The highest BCUT2D eigenvalue weighted by Gasteiger charge is 2.23. The molecule has 0 aliphatic heterocycles. The van der Waals surface area contributed by atoms with Crippen molar-refractivity contribution in [3.63, 3.8) is 0 Å². The Labute approximate surface area is 124 Å². The van der Waals surface area contributed by atoms with Crippen LogP contribution in [0, 0.1) is 21.7 Å². The van der Waals surface area contributed by atoms with Crippen molar-refractivity contribution in [2.24, 2.45) is 0 Å². The summed E-state index contributed by atoms with van der Waals surface area (Å²) in [5.74, 6) is -2.99. The molecular weight excluding hydrogens is 310 g/mol. The molecular formula is C12H13ClF2N2O4. The van der Waals surface area contributed by atoms with E-state index >= 15 is 0 Å². The zero-order valence-corrected chi connectivity index (χ0v) is 11.7. The van der Waals surface area contributed by atoms with Gasteiger partial charge < -0.3 is 10.1 Å². The molecule has 1 rings (SSSR count). The molecule has 1 aromatic carbocycles. The molecule has 21 heavy (non-hydrogen) atoms. The Morgan fingerprint density at radius 2 is 2.10 bits per heavy atom. The van der Waals surface area contributed by atoms with Crippen LogP contribution in [0.15, 0.2) is 12.1 Å². The fourth-order valence-corrected chi connectivity index (χ4v) is 1.61. The van der Waals surface area contributed by atoms with E-state index < -0.39 is 33.7 Å². The summed E-state index contributed by atoms with van der Waals surface area (Å²) in [5.41, 5.74) is -1.78. The summed E-state index contributed by atoms with van der Waals surface area (Å²) in [6, 6.07) is 1.04. The molecule has 1 amide bonds. The Morgan fingerprint density at radius 1 is 1.38 bits per heavy atom. The van der Waals surface area contributed by atoms with Crippen LogP contribution < -0.4 is 5.32 Å². The van der Waals surface area contributed by atoms with Crippen LogP contribution >= 0.6 is 11.6 Å². The lowest BCUT2D eigenvalue weighted by Crippen LogP contribution is -2.26. The van der Waals surface area contributed by atoms with Crippen molar-refractivity contribution in [3.8, 4) is 0 Å². The van der Waals surface area contributed by atoms with Gasteiger partial charge in [-0.2, -0.15) is 4.39 Å². The summed E-state index contributed by atoms with van der Waals surface area (Å²) in [6.07, 6.45) is 0.446. The number of nitro groups is 1. The van der Waals surface area contributed by atoms with Crippen LogP contribution in [0.25, 0.3) is 0 Å². The second kappa shape index (κ2) is 8.48. The number of alkyl halides is 1. The number of amides is 1. The number of nitro benzene ring substituents is 1. The number of rotatable bonds is 8. The highest BCUT2D eigenvalue weighted by molar-refractivity contribution is 6.17. The summed E-state index contributed by atoms with van der Waals surface area (Å²) in [4.78, 5) is 21.1. The minimum Gasteiger partial charge on any atom is -0.380 e. The third-order valence-electron chi connectivity index (χ3n) is 2.43. The molecule has 0 saturated heterocycles. The molecule has 0 heterocycles. The number of nitrogens with zero attached hydrogens (tertiary/aromatic N) is 1. The zero-order valence-electron chi connectivity index (χ0n) is 10.9. The summed E-state index contributed by atoms with van der Waals surface area (Å²) in [5, 5.41) is 12.9. The normalized spacial score (nSPS) is 10.4. The predicted octanol–water partition coefficient (Wildman–Crippen LogP) is 2.25. The van der Waals surface area contributed by atoms with Crippen LogP contribution in [0.1, 0.15) is 16.8 Å². The number of nitrogens with one attached hydrogen (secondary N) is 1. The second-order valence-electron chi connectivity index (χ2n) is 3.95. The Kier molecular flexibility index (Phi) is 6.97. The van der Waals surface area contributed by atoms with E-state index in [0.29, 0.717) is 37.6 Å². The fourth-order valence-electron chi connectivity index (χ4n) is 1.50. The molecule has 116 valence electrons. The van der Waals surface area contributed by atoms with Crippen molar-refractivity contribution in [1.29, 1.82) is 0 Å². The molecule has 0 aromatic heterocycles. The van der Waals surface area contributed by atoms with E-state index in [1.807, 2.05) is 0 Å². The molecule has 0 aliphatic rings. The van der Waals surface area contributed by atoms with Gasteiger partial charge in [0.05, 0.1) is 23.2 Å². The van der Waals surface area contributed by atoms with Crippen molar-refractivity contribution in [2.75, 3.05) is 25.6 Å². The van der Waals surface area contributed by atoms with Crippen LogP contribution in [0.4, 0.5) is 14.5 Å². The Balaban J connectivity index is 2.64. The van der Waals surface area contributed by atoms with Gasteiger partial charge in [0, 0.05) is 19.0 Å². The maximum Gasteiger partial charge on any atom is 0.308 e. The van der Waals surface area contributed by atoms with E-state index in [4.69, 9.17) is 16.3 Å². The molecule has 1 aromatic rings. The lowest BCUT2D eigenvalue weighted by molar-refractivity contribution is -0.387. The number of hydrogen-bond acceptors (Lipinski definition) is 4. The molecule has 0 aliphatic carbocycles. The number of carbonyl (C=O) groups excluding carboxylic acids is 1. The third-order valence-corrected chi connectivity index (χ3v) is 2.59. The van der Waals surface area contributed by atoms with E-state index in [1.54, 1.807) is 0 Å². The number of carbonyl (C=O) groups is 1. The first kappa shape index (κ1) is 17.3. The zero-order chi connectivity index (χ0) is 15.8. The van der Waals surface area contributed by atoms with Gasteiger partial charge in [-0.05, 0) is 12.5 Å². The molecule has 0 bridgehead atoms. The largest absolute Gasteiger partial charge is 0.380 e. The number of hydrogen-bond donors (Lipinski definition) is 1. The highest BCUT2D eigenvalue weighted by atomic mass is 35.5. The van der Waals surface area contributed by atoms with Gasteiger partial charge >= 0.3 is 5.69 Å². The number of ether oxygens (including phenoxy) is 1. The molecule has 0 fully saturated rings. The van der Waals surface area contributed by atoms with Crippen molar-refractivity contribution < 1.29 is 23.2 Å². The van der Waals surface area contributed by atoms with Gasteiger partial charge in [0.15, 0.2) is 0 Å². The van der Waals surface area contributed by atoms with Crippen LogP contribution in [0.2, 0.25) is 0 Å². The predicted molar refractivity (Wildman–Crippen MR) is 71.5 cm³/mol. The van der Waals surface area contributed by atoms with Gasteiger partial charge in [0.1, 0.15) is 5.82 Å². The highest BCUT2D eigenvalue weighted by Crippen LogP contribution is 2.22. The molecule has 0 saturated carbocycles. The fraction of sp³-hybridized carbons (Fsp3) is 0.417. The average Bonchev–Trinajstić information content (AvgIpc) is 2.44. The summed E-state index contributed by atoms with van der Waals surface area (Å²) in [7, 11) is 0. The van der Waals surface area contributed by atoms with Gasteiger partial charge in [-0.25, -0.2) is 4.39 Å². The van der Waals surface area contributed by atoms with Crippen LogP contribution in [0.5, 0.6) is 0 Å². The van der Waals surface area contributed by atoms with Crippen molar-refractivity contribution in [3.05, 3.63) is 39.4 Å². The first-order valence-electron chi connectivity index (χ1n) is 6.02. The van der Waals surface area contributed by atoms with Crippen molar-refractivity contribution >= 4 is 23.2 Å². The Morgan fingerprint density at radius 3 is 2.71 bits per heavy atom. The standard InChI is InChI=1S/C12H13ClF2N2O4/c13-2-5-21-4-1-3-16-12(18)9-6-8(14)7-10(11(9)15)17(19)20/h6-7H,1-5H2,(H,16,18). The van der Waals surface area contributed by atoms with Gasteiger partial charge in [-0.15, -0.1) is 11.6 Å². The van der Waals surface area contributed by atoms with Crippen molar-refractivity contribution in [1.82, 2.24) is 5.32 Å². The first-order chi connectivity index (χ1) is 9.97. The quantitative estimate of drug-likeness (QED) is 0.344. The first-order valence-corrected chi connectivity index (χ1v) is 6.56. The minimum atomic E-state index is -1.36. The maximum absolute atomic E-state index is 13.7. The summed E-state index contributed by atoms with van der Waals surface area (Å²) in [6.45, 7) is 0.879. The molecule has 0 unspecified atom stereocenters. The van der Waals surface area contributed by atoms with E-state index in [1.165, 1.54) is 0 Å². The lowest BCUT2D eigenvalue weighted by Gasteiger charge is -2.07. The van der Waals surface area contributed by atoms with Crippen molar-refractivity contribution in [2.45, 2.75) is 6.42 Å². The van der Waals surface area contributed by atoms with Crippen LogP contribution in [-0.4, -0.2) is 36.5 Å². The van der Waals surface area contributed by atoms with Gasteiger partial charge in [-0.1, -0.05) is 0 Å². The molecule has 0 radical (unpaired) electrons. The SMILES string of the molecule is O=C(NCCCOCCCl)c1cc(F)cc([N+](=O)[O-])c1F. The molecule has 0 atom stereocenters. The smallest absolute Gasteiger partial charge is 0.308 e. The van der Waals surface area contributed by atoms with Gasteiger partial charge in [-0.3, -0.25) is 14.9 Å². The topological polar surface area (TPSA) is 81.5 Å². The summed E-state index contributed by atoms with van der Waals surface area (Å²) >= 11 is 5.39. The third kappa shape index (κ3) is 5.24. The molecule has 1 N–H and O–H groups in total. The van der Waals surface area contributed by atoms with Gasteiger partial charge in [0.25, 0.3) is 5.91 Å². The van der Waals surface area contributed by atoms with Crippen LogP contribution in [0.3, 0.4) is 0 Å². The number of halogens is 3. The van der Waals surface area contributed by atoms with E-state index in [2.05, 4.69) is 5.32 Å². The molecule has 9 heteroatoms. The number of benzene rings is 1. The lowest BCUT2D eigenvalue weighted by atomic mass is 10.1. The monoisotopic (exact) mass is 322 g/mol. The molecule has 0 spiro atoms. The van der Waals surface area contributed by atoms with Gasteiger partial charge in [0.2, 0.25) is 5.82 Å². The van der Waals surface area contributed by atoms with E-state index in [-0.39, 0.29) is 6.54 Å². The summed E-state index contributed by atoms with van der Waals surface area (Å²) < 4.78 is 32.0. The minimum absolute atomic E-state index is 0.158. The van der Waals surface area contributed by atoms with E-state index in [9.17, 15) is 23.7 Å². The second-order valence-corrected chi connectivity index (χ2v) is 4.33. The molecule has 6 nitrogen and oxygen atoms in total. The maximum atomic E-state index is 13.7.